The van der Waals surface area contributed by atoms with Crippen molar-refractivity contribution in [1.82, 2.24) is 4.98 Å². The lowest BCUT2D eigenvalue weighted by Crippen LogP contribution is -3.00. The van der Waals surface area contributed by atoms with Crippen molar-refractivity contribution in [2.45, 2.75) is 0 Å². The number of aromatic nitrogens is 2. The Morgan fingerprint density at radius 1 is 0.812 bits per heavy atom. The molecule has 3 heteroatoms. The second-order valence-electron chi connectivity index (χ2n) is 3.65. The Morgan fingerprint density at radius 3 is 1.75 bits per heavy atom. The van der Waals surface area contributed by atoms with Gasteiger partial charge in [0, 0.05) is 12.1 Å². The second kappa shape index (κ2) is 4.06. The fourth-order valence-corrected chi connectivity index (χ4v) is 1.94. The zero-order valence-corrected chi connectivity index (χ0v) is 9.65. The van der Waals surface area contributed by atoms with E-state index in [1.807, 2.05) is 36.4 Å². The molecule has 0 saturated carbocycles. The summed E-state index contributed by atoms with van der Waals surface area (Å²) in [6.45, 7) is 0. The van der Waals surface area contributed by atoms with Crippen LogP contribution in [0.25, 0.3) is 22.1 Å². The van der Waals surface area contributed by atoms with Gasteiger partial charge in [-0.2, -0.15) is 4.57 Å². The number of benzene rings is 2. The van der Waals surface area contributed by atoms with Crippen LogP contribution in [0.4, 0.5) is 0 Å². The topological polar surface area (TPSA) is 16.8 Å². The maximum atomic E-state index is 4.62. The number of nitrogens with zero attached hydrogens (tertiary/aromatic N) is 2. The maximum absolute atomic E-state index is 4.62. The number of halogens is 1. The van der Waals surface area contributed by atoms with Gasteiger partial charge in [-0.25, -0.2) is 4.98 Å². The minimum Gasteiger partial charge on any atom is -1.00 e. The van der Waals surface area contributed by atoms with Crippen molar-refractivity contribution in [3.05, 3.63) is 48.5 Å². The van der Waals surface area contributed by atoms with Gasteiger partial charge < -0.3 is 12.4 Å². The number of rotatable bonds is 0. The Balaban J connectivity index is 0.000000963. The van der Waals surface area contributed by atoms with Crippen LogP contribution in [0.3, 0.4) is 0 Å². The monoisotopic (exact) mass is 230 g/mol. The second-order valence-corrected chi connectivity index (χ2v) is 3.65. The number of aryl methyl sites for hydroxylation is 1. The Kier molecular flexibility index (Phi) is 2.75. The molecule has 80 valence electrons. The van der Waals surface area contributed by atoms with Gasteiger partial charge in [0.05, 0.1) is 0 Å². The van der Waals surface area contributed by atoms with Crippen LogP contribution in [0.5, 0.6) is 0 Å². The first-order valence-corrected chi connectivity index (χ1v) is 5.00. The predicted molar refractivity (Wildman–Crippen MR) is 60.4 cm³/mol. The van der Waals surface area contributed by atoms with Crippen LogP contribution in [0.2, 0.25) is 0 Å². The molecule has 0 radical (unpaired) electrons. The summed E-state index contributed by atoms with van der Waals surface area (Å²) in [6.07, 6.45) is 0. The number of fused-ring (bicyclic) bond motifs is 2. The predicted octanol–water partition coefficient (Wildman–Crippen LogP) is -0.783. The molecule has 16 heavy (non-hydrogen) atoms. The number of para-hydroxylation sites is 4. The van der Waals surface area contributed by atoms with Crippen molar-refractivity contribution < 1.29 is 17.0 Å². The molecule has 0 aliphatic carbocycles. The van der Waals surface area contributed by atoms with Crippen molar-refractivity contribution in [3.63, 3.8) is 0 Å². The highest BCUT2D eigenvalue weighted by molar-refractivity contribution is 5.81. The van der Waals surface area contributed by atoms with E-state index in [0.29, 0.717) is 0 Å². The zero-order valence-electron chi connectivity index (χ0n) is 8.89. The van der Waals surface area contributed by atoms with E-state index in [2.05, 4.69) is 28.7 Å². The van der Waals surface area contributed by atoms with Crippen molar-refractivity contribution in [2.75, 3.05) is 0 Å². The van der Waals surface area contributed by atoms with E-state index in [-0.39, 0.29) is 12.4 Å². The third kappa shape index (κ3) is 1.51. The molecular formula is C13H11ClN2. The summed E-state index contributed by atoms with van der Waals surface area (Å²) in [5.74, 6) is 0. The molecule has 2 nitrogen and oxygen atoms in total. The zero-order chi connectivity index (χ0) is 10.3. The summed E-state index contributed by atoms with van der Waals surface area (Å²) in [5, 5.41) is 0. The summed E-state index contributed by atoms with van der Waals surface area (Å²) in [5.41, 5.74) is 4.41. The Morgan fingerprint density at radius 2 is 1.25 bits per heavy atom. The van der Waals surface area contributed by atoms with Gasteiger partial charge in [-0.05, 0) is 12.1 Å². The van der Waals surface area contributed by atoms with Crippen LogP contribution in [0.15, 0.2) is 48.5 Å². The highest BCUT2D eigenvalue weighted by Crippen LogP contribution is 2.12. The van der Waals surface area contributed by atoms with Gasteiger partial charge >= 0.3 is 0 Å². The quantitative estimate of drug-likeness (QED) is 0.366. The van der Waals surface area contributed by atoms with Crippen LogP contribution in [0.1, 0.15) is 0 Å². The molecule has 3 aromatic rings. The average Bonchev–Trinajstić information content (AvgIpc) is 2.30. The summed E-state index contributed by atoms with van der Waals surface area (Å²) in [4.78, 5) is 4.62. The van der Waals surface area contributed by atoms with Crippen LogP contribution in [-0.4, -0.2) is 4.98 Å². The lowest BCUT2D eigenvalue weighted by molar-refractivity contribution is -0.617. The van der Waals surface area contributed by atoms with E-state index in [1.165, 1.54) is 0 Å². The normalized spacial score (nSPS) is 10.3. The van der Waals surface area contributed by atoms with Gasteiger partial charge in [-0.1, -0.05) is 24.3 Å². The lowest BCUT2D eigenvalue weighted by atomic mass is 10.2. The van der Waals surface area contributed by atoms with Crippen LogP contribution >= 0.6 is 0 Å². The van der Waals surface area contributed by atoms with E-state index in [1.54, 1.807) is 0 Å². The molecule has 3 rings (SSSR count). The number of hydrogen-bond donors (Lipinski definition) is 0. The van der Waals surface area contributed by atoms with Crippen molar-refractivity contribution in [2.24, 2.45) is 7.05 Å². The lowest BCUT2D eigenvalue weighted by Gasteiger charge is -1.99. The summed E-state index contributed by atoms with van der Waals surface area (Å²) >= 11 is 0. The third-order valence-corrected chi connectivity index (χ3v) is 2.73. The first kappa shape index (κ1) is 10.8. The van der Waals surface area contributed by atoms with Crippen molar-refractivity contribution in [3.8, 4) is 0 Å². The van der Waals surface area contributed by atoms with Gasteiger partial charge in [0.25, 0.3) is 0 Å². The van der Waals surface area contributed by atoms with Gasteiger partial charge in [0.2, 0.25) is 11.0 Å². The summed E-state index contributed by atoms with van der Waals surface area (Å²) < 4.78 is 2.18. The van der Waals surface area contributed by atoms with Gasteiger partial charge in [0.15, 0.2) is 0 Å². The average molecular weight is 231 g/mol. The van der Waals surface area contributed by atoms with Crippen LogP contribution in [-0.2, 0) is 7.05 Å². The molecule has 0 N–H and O–H groups in total. The van der Waals surface area contributed by atoms with E-state index in [4.69, 9.17) is 0 Å². The molecule has 0 saturated heterocycles. The molecule has 0 unspecified atom stereocenters. The Bertz CT molecular complexity index is 596. The highest BCUT2D eigenvalue weighted by atomic mass is 35.5. The first-order valence-electron chi connectivity index (χ1n) is 5.00. The van der Waals surface area contributed by atoms with E-state index in [9.17, 15) is 0 Å². The standard InChI is InChI=1S/C13H11N2.ClH/c1-15-12-8-4-2-6-10(12)14-11-7-3-5-9-13(11)15;/h2-9H,1H3;1H/q+1;/p-1. The molecule has 2 aromatic carbocycles. The van der Waals surface area contributed by atoms with Crippen molar-refractivity contribution in [1.29, 1.82) is 0 Å². The van der Waals surface area contributed by atoms with E-state index < -0.39 is 0 Å². The van der Waals surface area contributed by atoms with Gasteiger partial charge in [0.1, 0.15) is 18.1 Å². The van der Waals surface area contributed by atoms with Crippen molar-refractivity contribution >= 4 is 22.1 Å². The largest absolute Gasteiger partial charge is 1.00 e. The van der Waals surface area contributed by atoms with Gasteiger partial charge in [-0.3, -0.25) is 0 Å². The Labute approximate surface area is 100.0 Å². The summed E-state index contributed by atoms with van der Waals surface area (Å²) in [7, 11) is 2.08. The highest BCUT2D eigenvalue weighted by Gasteiger charge is 2.10. The maximum Gasteiger partial charge on any atom is 0.231 e. The third-order valence-electron chi connectivity index (χ3n) is 2.73. The molecule has 0 aliphatic rings. The molecule has 0 aliphatic heterocycles. The minimum atomic E-state index is 0. The fraction of sp³-hybridized carbons (Fsp3) is 0.0769. The number of hydrogen-bond acceptors (Lipinski definition) is 1. The van der Waals surface area contributed by atoms with Crippen LogP contribution < -0.4 is 17.0 Å². The fourth-order valence-electron chi connectivity index (χ4n) is 1.94. The van der Waals surface area contributed by atoms with Gasteiger partial charge in [-0.15, -0.1) is 0 Å². The summed E-state index contributed by atoms with van der Waals surface area (Å²) in [6, 6.07) is 16.4. The Hall–Kier alpha value is -1.67. The molecular weight excluding hydrogens is 220 g/mol. The molecule has 0 spiro atoms. The first-order chi connectivity index (χ1) is 7.36. The molecule has 1 heterocycles. The minimum absolute atomic E-state index is 0. The molecule has 1 aromatic heterocycles. The van der Waals surface area contributed by atoms with E-state index >= 15 is 0 Å². The van der Waals surface area contributed by atoms with E-state index in [0.717, 1.165) is 22.1 Å². The SMILES string of the molecule is C[n+]1c2ccccc2nc2ccccc21.[Cl-]. The van der Waals surface area contributed by atoms with Crippen LogP contribution in [0, 0.1) is 0 Å². The molecule has 0 bridgehead atoms. The molecule has 0 atom stereocenters. The molecule has 0 fully saturated rings. The molecule has 0 amide bonds. The smallest absolute Gasteiger partial charge is 0.231 e.